The van der Waals surface area contributed by atoms with Gasteiger partial charge in [-0.1, -0.05) is 25.1 Å². The lowest BCUT2D eigenvalue weighted by atomic mass is 9.87. The van der Waals surface area contributed by atoms with E-state index in [4.69, 9.17) is 0 Å². The summed E-state index contributed by atoms with van der Waals surface area (Å²) >= 11 is 0. The fourth-order valence-electron chi connectivity index (χ4n) is 2.88. The summed E-state index contributed by atoms with van der Waals surface area (Å²) in [5.74, 6) is 0.923. The summed E-state index contributed by atoms with van der Waals surface area (Å²) in [6.45, 7) is 2.05. The molecule has 0 aliphatic heterocycles. The molecule has 1 heterocycles. The van der Waals surface area contributed by atoms with Crippen LogP contribution < -0.4 is 0 Å². The number of benzene rings is 1. The van der Waals surface area contributed by atoms with Crippen LogP contribution in [0, 0.1) is 5.92 Å². The van der Waals surface area contributed by atoms with Crippen molar-refractivity contribution in [2.45, 2.75) is 25.7 Å². The summed E-state index contributed by atoms with van der Waals surface area (Å²) in [4.78, 5) is 16.1. The Labute approximate surface area is 101 Å². The number of pyridine rings is 1. The van der Waals surface area contributed by atoms with E-state index in [1.807, 2.05) is 24.4 Å². The largest absolute Gasteiger partial charge is 0.299 e. The maximum atomic E-state index is 11.7. The van der Waals surface area contributed by atoms with Crippen LogP contribution in [0.3, 0.4) is 0 Å². The van der Waals surface area contributed by atoms with Crippen LogP contribution in [-0.2, 0) is 4.79 Å². The number of hydrogen-bond donors (Lipinski definition) is 0. The Hall–Kier alpha value is -1.70. The van der Waals surface area contributed by atoms with E-state index in [0.29, 0.717) is 11.7 Å². The van der Waals surface area contributed by atoms with Crippen molar-refractivity contribution < 1.29 is 4.79 Å². The first-order valence-electron chi connectivity index (χ1n) is 6.14. The second-order valence-corrected chi connectivity index (χ2v) is 4.82. The third-order valence-corrected chi connectivity index (χ3v) is 3.89. The van der Waals surface area contributed by atoms with Crippen LogP contribution in [0.4, 0.5) is 0 Å². The molecule has 0 amide bonds. The molecule has 1 aromatic carbocycles. The Morgan fingerprint density at radius 3 is 2.88 bits per heavy atom. The van der Waals surface area contributed by atoms with Crippen molar-refractivity contribution in [3.8, 4) is 0 Å². The molecular weight excluding hydrogens is 210 g/mol. The second-order valence-electron chi connectivity index (χ2n) is 4.82. The third-order valence-electron chi connectivity index (χ3n) is 3.89. The number of ketones is 1. The van der Waals surface area contributed by atoms with E-state index >= 15 is 0 Å². The van der Waals surface area contributed by atoms with E-state index in [2.05, 4.69) is 24.0 Å². The molecule has 3 rings (SSSR count). The second kappa shape index (κ2) is 3.95. The number of aromatic nitrogens is 1. The van der Waals surface area contributed by atoms with Crippen molar-refractivity contribution in [3.63, 3.8) is 0 Å². The summed E-state index contributed by atoms with van der Waals surface area (Å²) in [6, 6.07) is 10.3. The van der Waals surface area contributed by atoms with E-state index < -0.39 is 0 Å². The first-order valence-corrected chi connectivity index (χ1v) is 6.14. The van der Waals surface area contributed by atoms with Crippen molar-refractivity contribution in [1.82, 2.24) is 4.98 Å². The first kappa shape index (κ1) is 10.5. The zero-order valence-corrected chi connectivity index (χ0v) is 9.89. The number of Topliss-reactive ketones (excluding diaryl/α,β-unsaturated/α-hetero) is 1. The highest BCUT2D eigenvalue weighted by atomic mass is 16.1. The van der Waals surface area contributed by atoms with Crippen LogP contribution in [0.15, 0.2) is 36.5 Å². The molecule has 1 aromatic heterocycles. The Morgan fingerprint density at radius 2 is 2.12 bits per heavy atom. The van der Waals surface area contributed by atoms with Gasteiger partial charge in [0.1, 0.15) is 5.78 Å². The molecule has 0 N–H and O–H groups in total. The number of carbonyl (C=O) groups is 1. The van der Waals surface area contributed by atoms with E-state index in [1.54, 1.807) is 0 Å². The predicted molar refractivity (Wildman–Crippen MR) is 67.9 cm³/mol. The molecule has 17 heavy (non-hydrogen) atoms. The maximum Gasteiger partial charge on any atom is 0.136 e. The zero-order chi connectivity index (χ0) is 11.8. The first-order chi connectivity index (χ1) is 8.27. The van der Waals surface area contributed by atoms with Gasteiger partial charge < -0.3 is 0 Å². The number of fused-ring (bicyclic) bond motifs is 1. The van der Waals surface area contributed by atoms with E-state index in [9.17, 15) is 4.79 Å². The average Bonchev–Trinajstić information content (AvgIpc) is 2.69. The molecule has 2 atom stereocenters. The Balaban J connectivity index is 2.15. The Kier molecular flexibility index (Phi) is 2.43. The molecule has 86 valence electrons. The zero-order valence-electron chi connectivity index (χ0n) is 9.89. The topological polar surface area (TPSA) is 30.0 Å². The highest BCUT2D eigenvalue weighted by molar-refractivity contribution is 5.87. The van der Waals surface area contributed by atoms with Crippen molar-refractivity contribution >= 4 is 16.7 Å². The molecule has 2 heteroatoms. The number of nitrogens with zero attached hydrogens (tertiary/aromatic N) is 1. The van der Waals surface area contributed by atoms with Crippen molar-refractivity contribution in [1.29, 1.82) is 0 Å². The van der Waals surface area contributed by atoms with Crippen LogP contribution >= 0.6 is 0 Å². The monoisotopic (exact) mass is 225 g/mol. The minimum absolute atomic E-state index is 0.154. The van der Waals surface area contributed by atoms with Gasteiger partial charge in [-0.2, -0.15) is 0 Å². The van der Waals surface area contributed by atoms with Gasteiger partial charge in [0.2, 0.25) is 0 Å². The number of carbonyl (C=O) groups excluding carboxylic acids is 1. The number of hydrogen-bond acceptors (Lipinski definition) is 2. The average molecular weight is 225 g/mol. The van der Waals surface area contributed by atoms with Crippen LogP contribution in [0.5, 0.6) is 0 Å². The SMILES string of the molecule is CC1C(=O)CCC1c1cccc2ncccc12. The minimum Gasteiger partial charge on any atom is -0.299 e. The molecule has 0 saturated heterocycles. The van der Waals surface area contributed by atoms with Gasteiger partial charge in [-0.15, -0.1) is 0 Å². The van der Waals surface area contributed by atoms with Crippen LogP contribution in [-0.4, -0.2) is 10.8 Å². The van der Waals surface area contributed by atoms with Crippen molar-refractivity contribution in [2.75, 3.05) is 0 Å². The van der Waals surface area contributed by atoms with Gasteiger partial charge in [0.15, 0.2) is 0 Å². The van der Waals surface area contributed by atoms with Crippen LogP contribution in [0.2, 0.25) is 0 Å². The van der Waals surface area contributed by atoms with Gasteiger partial charge in [-0.05, 0) is 30.0 Å². The lowest BCUT2D eigenvalue weighted by Gasteiger charge is -2.16. The Bertz CT molecular complexity index is 571. The van der Waals surface area contributed by atoms with Crippen LogP contribution in [0.25, 0.3) is 10.9 Å². The van der Waals surface area contributed by atoms with Gasteiger partial charge in [-0.25, -0.2) is 0 Å². The van der Waals surface area contributed by atoms with Gasteiger partial charge in [-0.3, -0.25) is 9.78 Å². The molecule has 1 fully saturated rings. The lowest BCUT2D eigenvalue weighted by Crippen LogP contribution is -2.09. The third kappa shape index (κ3) is 1.64. The molecule has 2 unspecified atom stereocenters. The van der Waals surface area contributed by atoms with Gasteiger partial charge in [0.05, 0.1) is 5.52 Å². The fraction of sp³-hybridized carbons (Fsp3) is 0.333. The molecule has 0 spiro atoms. The lowest BCUT2D eigenvalue weighted by molar-refractivity contribution is -0.120. The standard InChI is InChI=1S/C15H15NO/c1-10-11(7-8-15(10)17)12-4-2-6-14-13(12)5-3-9-16-14/h2-6,9-11H,7-8H2,1H3. The highest BCUT2D eigenvalue weighted by Crippen LogP contribution is 2.39. The van der Waals surface area contributed by atoms with Gasteiger partial charge in [0.25, 0.3) is 0 Å². The minimum atomic E-state index is 0.154. The van der Waals surface area contributed by atoms with Gasteiger partial charge in [0, 0.05) is 23.9 Å². The molecule has 1 saturated carbocycles. The molecule has 1 aliphatic carbocycles. The molecule has 2 aromatic rings. The summed E-state index contributed by atoms with van der Waals surface area (Å²) in [6.07, 6.45) is 3.52. The summed E-state index contributed by atoms with van der Waals surface area (Å²) in [7, 11) is 0. The van der Waals surface area contributed by atoms with E-state index in [-0.39, 0.29) is 5.92 Å². The normalized spacial score (nSPS) is 24.4. The fourth-order valence-corrected chi connectivity index (χ4v) is 2.88. The highest BCUT2D eigenvalue weighted by Gasteiger charge is 2.32. The molecule has 0 radical (unpaired) electrons. The van der Waals surface area contributed by atoms with E-state index in [1.165, 1.54) is 10.9 Å². The Morgan fingerprint density at radius 1 is 1.24 bits per heavy atom. The quantitative estimate of drug-likeness (QED) is 0.745. The number of rotatable bonds is 1. The predicted octanol–water partition coefficient (Wildman–Crippen LogP) is 3.32. The molecule has 2 nitrogen and oxygen atoms in total. The molecular formula is C15H15NO. The van der Waals surface area contributed by atoms with Crippen molar-refractivity contribution in [2.24, 2.45) is 5.92 Å². The molecule has 0 bridgehead atoms. The summed E-state index contributed by atoms with van der Waals surface area (Å²) < 4.78 is 0. The van der Waals surface area contributed by atoms with Crippen molar-refractivity contribution in [3.05, 3.63) is 42.1 Å². The smallest absolute Gasteiger partial charge is 0.136 e. The van der Waals surface area contributed by atoms with Crippen LogP contribution in [0.1, 0.15) is 31.2 Å². The van der Waals surface area contributed by atoms with E-state index in [0.717, 1.165) is 18.4 Å². The summed E-state index contributed by atoms with van der Waals surface area (Å²) in [5.41, 5.74) is 2.31. The van der Waals surface area contributed by atoms with Gasteiger partial charge >= 0.3 is 0 Å². The molecule has 1 aliphatic rings. The summed E-state index contributed by atoms with van der Waals surface area (Å²) in [5, 5.41) is 1.20. The maximum absolute atomic E-state index is 11.7.